The predicted molar refractivity (Wildman–Crippen MR) is 53.7 cm³/mol. The third kappa shape index (κ3) is 2.31. The molecule has 7 nitrogen and oxygen atoms in total. The van der Waals surface area contributed by atoms with Gasteiger partial charge in [-0.25, -0.2) is 5.10 Å². The Hall–Kier alpha value is -2.02. The van der Waals surface area contributed by atoms with Crippen molar-refractivity contribution < 1.29 is 9.26 Å². The van der Waals surface area contributed by atoms with Crippen molar-refractivity contribution in [2.75, 3.05) is 13.7 Å². The molecule has 0 saturated carbocycles. The van der Waals surface area contributed by atoms with Crippen LogP contribution < -0.4 is 5.56 Å². The van der Waals surface area contributed by atoms with Crippen LogP contribution in [0.2, 0.25) is 0 Å². The second-order valence-electron chi connectivity index (χ2n) is 3.06. The lowest BCUT2D eigenvalue weighted by Crippen LogP contribution is -2.05. The number of H-pyrrole nitrogens is 1. The summed E-state index contributed by atoms with van der Waals surface area (Å²) in [6.07, 6.45) is 0.573. The first-order valence-electron chi connectivity index (χ1n) is 4.67. The predicted octanol–water partition coefficient (Wildman–Crippen LogP) is 0.00880. The molecule has 0 aliphatic rings. The highest BCUT2D eigenvalue weighted by molar-refractivity contribution is 5.44. The second kappa shape index (κ2) is 4.67. The van der Waals surface area contributed by atoms with Crippen LogP contribution in [-0.2, 0) is 11.2 Å². The molecular formula is C9H10N4O3. The molecule has 16 heavy (non-hydrogen) atoms. The summed E-state index contributed by atoms with van der Waals surface area (Å²) in [5.41, 5.74) is 0.165. The number of hydrogen-bond acceptors (Lipinski definition) is 6. The number of rotatable bonds is 4. The van der Waals surface area contributed by atoms with Gasteiger partial charge in [-0.1, -0.05) is 5.16 Å². The maximum atomic E-state index is 10.8. The molecule has 0 amide bonds. The molecule has 2 heterocycles. The van der Waals surface area contributed by atoms with Crippen molar-refractivity contribution in [3.05, 3.63) is 28.3 Å². The van der Waals surface area contributed by atoms with Crippen molar-refractivity contribution in [3.63, 3.8) is 0 Å². The highest BCUT2D eigenvalue weighted by Gasteiger charge is 2.09. The van der Waals surface area contributed by atoms with Crippen LogP contribution in [0.5, 0.6) is 0 Å². The van der Waals surface area contributed by atoms with Crippen LogP contribution in [0, 0.1) is 0 Å². The van der Waals surface area contributed by atoms with Gasteiger partial charge in [-0.2, -0.15) is 10.1 Å². The molecule has 0 fully saturated rings. The monoisotopic (exact) mass is 222 g/mol. The number of ether oxygens (including phenoxy) is 1. The standard InChI is InChI=1S/C9H10N4O3/c1-15-5-4-7-10-9(16-13-7)6-2-3-8(14)12-11-6/h2-3H,4-5H2,1H3,(H,12,14). The first-order chi connectivity index (χ1) is 7.79. The summed E-state index contributed by atoms with van der Waals surface area (Å²) < 4.78 is 9.88. The summed E-state index contributed by atoms with van der Waals surface area (Å²) in [5, 5.41) is 9.82. The van der Waals surface area contributed by atoms with Crippen LogP contribution >= 0.6 is 0 Å². The van der Waals surface area contributed by atoms with Gasteiger partial charge in [0.25, 0.3) is 11.4 Å². The minimum atomic E-state index is -0.275. The Labute approximate surface area is 90.5 Å². The molecule has 0 bridgehead atoms. The van der Waals surface area contributed by atoms with Crippen LogP contribution in [0.4, 0.5) is 0 Å². The van der Waals surface area contributed by atoms with E-state index in [9.17, 15) is 4.79 Å². The molecule has 0 radical (unpaired) electrons. The Morgan fingerprint density at radius 1 is 1.50 bits per heavy atom. The number of aromatic amines is 1. The van der Waals surface area contributed by atoms with Gasteiger partial charge in [-0.3, -0.25) is 4.79 Å². The van der Waals surface area contributed by atoms with Crippen molar-refractivity contribution in [1.29, 1.82) is 0 Å². The number of methoxy groups -OCH3 is 1. The van der Waals surface area contributed by atoms with Gasteiger partial charge in [0.2, 0.25) is 0 Å². The molecule has 0 aromatic carbocycles. The smallest absolute Gasteiger partial charge is 0.278 e. The van der Waals surface area contributed by atoms with Gasteiger partial charge in [-0.15, -0.1) is 0 Å². The van der Waals surface area contributed by atoms with Crippen molar-refractivity contribution in [2.45, 2.75) is 6.42 Å². The molecule has 0 aliphatic heterocycles. The van der Waals surface area contributed by atoms with E-state index in [-0.39, 0.29) is 11.4 Å². The van der Waals surface area contributed by atoms with Crippen molar-refractivity contribution in [1.82, 2.24) is 20.3 Å². The Morgan fingerprint density at radius 3 is 3.06 bits per heavy atom. The van der Waals surface area contributed by atoms with Crippen LogP contribution in [-0.4, -0.2) is 34.1 Å². The molecule has 2 aromatic rings. The first kappa shape index (κ1) is 10.5. The first-order valence-corrected chi connectivity index (χ1v) is 4.67. The van der Waals surface area contributed by atoms with Crippen molar-refractivity contribution in [2.24, 2.45) is 0 Å². The molecule has 1 N–H and O–H groups in total. The van der Waals surface area contributed by atoms with E-state index in [1.54, 1.807) is 7.11 Å². The summed E-state index contributed by atoms with van der Waals surface area (Å²) >= 11 is 0. The van der Waals surface area contributed by atoms with Gasteiger partial charge in [0, 0.05) is 19.6 Å². The maximum absolute atomic E-state index is 10.8. The molecule has 2 rings (SSSR count). The summed E-state index contributed by atoms with van der Waals surface area (Å²) in [5.74, 6) is 0.826. The molecule has 0 atom stereocenters. The zero-order valence-electron chi connectivity index (χ0n) is 8.64. The van der Waals surface area contributed by atoms with E-state index in [1.165, 1.54) is 12.1 Å². The zero-order chi connectivity index (χ0) is 11.4. The minimum absolute atomic E-state index is 0.275. The normalized spacial score (nSPS) is 10.6. The van der Waals surface area contributed by atoms with Crippen LogP contribution in [0.15, 0.2) is 21.5 Å². The number of nitrogens with zero attached hydrogens (tertiary/aromatic N) is 3. The zero-order valence-corrected chi connectivity index (χ0v) is 8.64. The lowest BCUT2D eigenvalue weighted by molar-refractivity contribution is 0.199. The summed E-state index contributed by atoms with van der Waals surface area (Å²) in [4.78, 5) is 14.9. The fourth-order valence-corrected chi connectivity index (χ4v) is 1.12. The second-order valence-corrected chi connectivity index (χ2v) is 3.06. The third-order valence-electron chi connectivity index (χ3n) is 1.90. The van der Waals surface area contributed by atoms with E-state index in [4.69, 9.17) is 9.26 Å². The Morgan fingerprint density at radius 2 is 2.38 bits per heavy atom. The number of nitrogens with one attached hydrogen (secondary N) is 1. The Kier molecular flexibility index (Phi) is 3.06. The van der Waals surface area contributed by atoms with Crippen molar-refractivity contribution >= 4 is 0 Å². The van der Waals surface area contributed by atoms with Crippen LogP contribution in [0.25, 0.3) is 11.6 Å². The van der Waals surface area contributed by atoms with Gasteiger partial charge < -0.3 is 9.26 Å². The molecule has 0 unspecified atom stereocenters. The van der Waals surface area contributed by atoms with E-state index in [0.717, 1.165) is 0 Å². The topological polar surface area (TPSA) is 93.9 Å². The van der Waals surface area contributed by atoms with Gasteiger partial charge >= 0.3 is 0 Å². The Bertz CT molecular complexity index is 499. The summed E-state index contributed by atoms with van der Waals surface area (Å²) in [6, 6.07) is 2.87. The van der Waals surface area contributed by atoms with E-state index >= 15 is 0 Å². The van der Waals surface area contributed by atoms with Crippen LogP contribution in [0.3, 0.4) is 0 Å². The number of aromatic nitrogens is 4. The molecular weight excluding hydrogens is 212 g/mol. The van der Waals surface area contributed by atoms with E-state index in [0.29, 0.717) is 24.5 Å². The number of hydrogen-bond donors (Lipinski definition) is 1. The molecule has 0 spiro atoms. The lowest BCUT2D eigenvalue weighted by atomic mass is 10.4. The Balaban J connectivity index is 2.18. The fourth-order valence-electron chi connectivity index (χ4n) is 1.12. The highest BCUT2D eigenvalue weighted by atomic mass is 16.5. The van der Waals surface area contributed by atoms with Gasteiger partial charge in [0.1, 0.15) is 5.69 Å². The van der Waals surface area contributed by atoms with Gasteiger partial charge in [0.15, 0.2) is 5.82 Å². The minimum Gasteiger partial charge on any atom is -0.384 e. The SMILES string of the molecule is COCCc1noc(-c2ccc(=O)[nH]n2)n1. The van der Waals surface area contributed by atoms with Crippen LogP contribution in [0.1, 0.15) is 5.82 Å². The van der Waals surface area contributed by atoms with E-state index in [2.05, 4.69) is 20.3 Å². The maximum Gasteiger partial charge on any atom is 0.278 e. The largest absolute Gasteiger partial charge is 0.384 e. The van der Waals surface area contributed by atoms with Crippen molar-refractivity contribution in [3.8, 4) is 11.6 Å². The third-order valence-corrected chi connectivity index (χ3v) is 1.90. The summed E-state index contributed by atoms with van der Waals surface area (Å²) in [6.45, 7) is 0.526. The lowest BCUT2D eigenvalue weighted by Gasteiger charge is -1.91. The molecule has 0 aliphatic carbocycles. The van der Waals surface area contributed by atoms with Gasteiger partial charge in [-0.05, 0) is 6.07 Å². The quantitative estimate of drug-likeness (QED) is 0.783. The van der Waals surface area contributed by atoms with E-state index < -0.39 is 0 Å². The molecule has 0 saturated heterocycles. The van der Waals surface area contributed by atoms with E-state index in [1.807, 2.05) is 0 Å². The molecule has 2 aromatic heterocycles. The van der Waals surface area contributed by atoms with Gasteiger partial charge in [0.05, 0.1) is 6.61 Å². The molecule has 84 valence electrons. The average Bonchev–Trinajstić information content (AvgIpc) is 2.76. The fraction of sp³-hybridized carbons (Fsp3) is 0.333. The average molecular weight is 222 g/mol. The summed E-state index contributed by atoms with van der Waals surface area (Å²) in [7, 11) is 1.60. The highest BCUT2D eigenvalue weighted by Crippen LogP contribution is 2.11. The molecule has 7 heteroatoms.